The van der Waals surface area contributed by atoms with Crippen molar-refractivity contribution in [3.63, 3.8) is 0 Å². The number of halogens is 1. The maximum absolute atomic E-state index is 14.4. The van der Waals surface area contributed by atoms with Crippen LogP contribution < -0.4 is 10.1 Å². The molecule has 5 heterocycles. The average Bonchev–Trinajstić information content (AvgIpc) is 3.34. The first-order chi connectivity index (χ1) is 18.8. The summed E-state index contributed by atoms with van der Waals surface area (Å²) in [6, 6.07) is 4.63. The summed E-state index contributed by atoms with van der Waals surface area (Å²) in [6.07, 6.45) is 6.14. The number of amides is 2. The number of fused-ring (bicyclic) bond motifs is 1. The zero-order valence-electron chi connectivity index (χ0n) is 21.4. The summed E-state index contributed by atoms with van der Waals surface area (Å²) in [4.78, 5) is 36.7. The number of piperidine rings is 1. The van der Waals surface area contributed by atoms with Gasteiger partial charge < -0.3 is 20.1 Å². The number of hydrogen-bond acceptors (Lipinski definition) is 8. The van der Waals surface area contributed by atoms with Crippen LogP contribution in [-0.4, -0.2) is 70.8 Å². The molecule has 13 heteroatoms. The summed E-state index contributed by atoms with van der Waals surface area (Å²) >= 11 is 0. The van der Waals surface area contributed by atoms with Crippen molar-refractivity contribution in [3.8, 4) is 17.1 Å². The van der Waals surface area contributed by atoms with Gasteiger partial charge >= 0.3 is 0 Å². The van der Waals surface area contributed by atoms with Gasteiger partial charge in [0.15, 0.2) is 17.2 Å². The van der Waals surface area contributed by atoms with E-state index in [2.05, 4.69) is 30.6 Å². The largest absolute Gasteiger partial charge is 0.481 e. The van der Waals surface area contributed by atoms with Crippen LogP contribution in [0.2, 0.25) is 0 Å². The lowest BCUT2D eigenvalue weighted by Gasteiger charge is -2.39. The number of nitrogens with zero attached hydrogens (tertiary/aromatic N) is 6. The molecule has 3 N–H and O–H groups in total. The maximum Gasteiger partial charge on any atom is 0.274 e. The molecule has 2 atom stereocenters. The molecule has 1 aliphatic heterocycles. The Morgan fingerprint density at radius 2 is 2.13 bits per heavy atom. The van der Waals surface area contributed by atoms with Crippen molar-refractivity contribution in [1.82, 2.24) is 34.7 Å². The zero-order valence-corrected chi connectivity index (χ0v) is 21.4. The predicted molar refractivity (Wildman–Crippen MR) is 136 cm³/mol. The van der Waals surface area contributed by atoms with E-state index in [1.165, 1.54) is 30.0 Å². The molecule has 12 nitrogen and oxygen atoms in total. The molecule has 0 unspecified atom stereocenters. The molecule has 0 bridgehead atoms. The number of carbonyl (C=O) groups excluding carboxylic acids is 2. The second-order valence-corrected chi connectivity index (χ2v) is 10.1. The van der Waals surface area contributed by atoms with Gasteiger partial charge in [-0.25, -0.2) is 18.9 Å². The quantitative estimate of drug-likeness (QED) is 0.342. The minimum Gasteiger partial charge on any atom is -0.481 e. The number of ether oxygens (including phenoxy) is 1. The first-order valence-electron chi connectivity index (χ1n) is 12.7. The number of carbonyl (C=O) groups is 2. The monoisotopic (exact) mass is 534 g/mol. The van der Waals surface area contributed by atoms with Crippen LogP contribution in [0.25, 0.3) is 16.9 Å². The lowest BCUT2D eigenvalue weighted by molar-refractivity contribution is -0.122. The average molecular weight is 535 g/mol. The van der Waals surface area contributed by atoms with E-state index in [9.17, 15) is 19.1 Å². The molecule has 0 radical (unpaired) electrons. The van der Waals surface area contributed by atoms with Gasteiger partial charge in [0.1, 0.15) is 5.69 Å². The third-order valence-corrected chi connectivity index (χ3v) is 7.55. The number of aliphatic hydroxyl groups excluding tert-OH is 1. The molecule has 2 amide bonds. The van der Waals surface area contributed by atoms with Gasteiger partial charge in [0.25, 0.3) is 5.91 Å². The van der Waals surface area contributed by atoms with E-state index >= 15 is 0 Å². The van der Waals surface area contributed by atoms with E-state index in [1.807, 2.05) is 0 Å². The maximum atomic E-state index is 14.4. The number of aromatic amines is 1. The summed E-state index contributed by atoms with van der Waals surface area (Å²) in [6.45, 7) is 2.02. The van der Waals surface area contributed by atoms with Crippen LogP contribution in [-0.2, 0) is 4.79 Å². The fourth-order valence-corrected chi connectivity index (χ4v) is 5.24. The Morgan fingerprint density at radius 3 is 2.87 bits per heavy atom. The molecule has 0 aromatic carbocycles. The van der Waals surface area contributed by atoms with E-state index in [1.54, 1.807) is 24.1 Å². The van der Waals surface area contributed by atoms with Crippen LogP contribution in [0.1, 0.15) is 54.9 Å². The fourth-order valence-electron chi connectivity index (χ4n) is 5.24. The van der Waals surface area contributed by atoms with E-state index in [0.29, 0.717) is 42.1 Å². The number of hydrogen-bond donors (Lipinski definition) is 3. The van der Waals surface area contributed by atoms with Gasteiger partial charge in [0.05, 0.1) is 37.0 Å². The third kappa shape index (κ3) is 4.48. The van der Waals surface area contributed by atoms with Crippen molar-refractivity contribution >= 4 is 23.1 Å². The van der Waals surface area contributed by atoms with Gasteiger partial charge in [-0.15, -0.1) is 0 Å². The van der Waals surface area contributed by atoms with E-state index < -0.39 is 17.5 Å². The van der Waals surface area contributed by atoms with E-state index in [-0.39, 0.29) is 34.9 Å². The van der Waals surface area contributed by atoms with Crippen LogP contribution >= 0.6 is 0 Å². The Hall–Kier alpha value is -4.39. The highest BCUT2D eigenvalue weighted by atomic mass is 19.1. The Labute approximate surface area is 222 Å². The molecular weight excluding hydrogens is 507 g/mol. The summed E-state index contributed by atoms with van der Waals surface area (Å²) in [5.41, 5.74) is 1.72. The molecule has 1 saturated heterocycles. The van der Waals surface area contributed by atoms with Crippen molar-refractivity contribution in [3.05, 3.63) is 54.0 Å². The number of aliphatic hydroxyl groups is 1. The molecule has 1 aliphatic carbocycles. The van der Waals surface area contributed by atoms with Gasteiger partial charge in [0, 0.05) is 35.8 Å². The Morgan fingerprint density at radius 1 is 1.31 bits per heavy atom. The molecule has 1 saturated carbocycles. The minimum absolute atomic E-state index is 0.156. The van der Waals surface area contributed by atoms with Crippen LogP contribution in [0, 0.1) is 11.7 Å². The highest BCUT2D eigenvalue weighted by Crippen LogP contribution is 2.50. The number of aromatic nitrogens is 6. The summed E-state index contributed by atoms with van der Waals surface area (Å²) in [5, 5.41) is 23.9. The van der Waals surface area contributed by atoms with Gasteiger partial charge in [-0.1, -0.05) is 0 Å². The Kier molecular flexibility index (Phi) is 6.02. The molecule has 39 heavy (non-hydrogen) atoms. The number of pyridine rings is 1. The van der Waals surface area contributed by atoms with Crippen molar-refractivity contribution in [1.29, 1.82) is 0 Å². The number of methoxy groups -OCH3 is 1. The SMILES string of the molecule is COc1cc(-c2cc(C(=O)N3CC[C@H](C(=O)Nc4cnn5ccc([C@@H](C)O)nc45)CC34CC4)n[nH]2)c(F)cn1. The molecule has 6 rings (SSSR count). The second-order valence-electron chi connectivity index (χ2n) is 10.1. The molecular formula is C26H27FN8O4. The van der Waals surface area contributed by atoms with E-state index in [0.717, 1.165) is 19.0 Å². The van der Waals surface area contributed by atoms with Crippen molar-refractivity contribution in [2.24, 2.45) is 5.92 Å². The molecule has 202 valence electrons. The van der Waals surface area contributed by atoms with Gasteiger partial charge in [0.2, 0.25) is 11.8 Å². The molecule has 2 aliphatic rings. The number of H-pyrrole nitrogens is 1. The minimum atomic E-state index is -0.748. The Balaban J connectivity index is 1.16. The topological polar surface area (TPSA) is 151 Å². The predicted octanol–water partition coefficient (Wildman–Crippen LogP) is 2.74. The lowest BCUT2D eigenvalue weighted by atomic mass is 9.88. The zero-order chi connectivity index (χ0) is 27.3. The second kappa shape index (κ2) is 9.42. The molecule has 4 aromatic rings. The van der Waals surface area contributed by atoms with Crippen molar-refractivity contribution in [2.75, 3.05) is 19.0 Å². The highest BCUT2D eigenvalue weighted by Gasteiger charge is 2.54. The standard InChI is InChI=1S/C26H27FN8O4/c1-14(36)18-4-8-35-23(30-18)21(13-29-35)31-24(37)15-3-7-34(26(11-15)5-6-26)25(38)20-10-19(32-33-20)16-9-22(39-2)28-12-17(16)27/h4,8-10,12-15,36H,3,5-7,11H2,1-2H3,(H,31,37)(H,32,33)/t14-,15+/m1/s1. The molecule has 2 fully saturated rings. The van der Waals surface area contributed by atoms with Crippen LogP contribution in [0.5, 0.6) is 5.88 Å². The first-order valence-corrected chi connectivity index (χ1v) is 12.7. The Bertz CT molecular complexity index is 1580. The van der Waals surface area contributed by atoms with Crippen molar-refractivity contribution < 1.29 is 23.8 Å². The normalized spacial score (nSPS) is 18.8. The van der Waals surface area contributed by atoms with Crippen molar-refractivity contribution in [2.45, 2.75) is 44.2 Å². The van der Waals surface area contributed by atoms with Crippen LogP contribution in [0.15, 0.2) is 36.8 Å². The fraction of sp³-hybridized carbons (Fsp3) is 0.385. The number of nitrogens with one attached hydrogen (secondary N) is 2. The smallest absolute Gasteiger partial charge is 0.274 e. The van der Waals surface area contributed by atoms with E-state index in [4.69, 9.17) is 4.74 Å². The number of likely N-dealkylation sites (tertiary alicyclic amines) is 1. The van der Waals surface area contributed by atoms with Gasteiger partial charge in [-0.05, 0) is 44.7 Å². The summed E-state index contributed by atoms with van der Waals surface area (Å²) < 4.78 is 21.0. The summed E-state index contributed by atoms with van der Waals surface area (Å²) in [7, 11) is 1.44. The van der Waals surface area contributed by atoms with Gasteiger partial charge in [-0.3, -0.25) is 14.7 Å². The number of anilines is 1. The first kappa shape index (κ1) is 24.9. The van der Waals surface area contributed by atoms with Crippen LogP contribution in [0.4, 0.5) is 10.1 Å². The van der Waals surface area contributed by atoms with Gasteiger partial charge in [-0.2, -0.15) is 10.2 Å². The van der Waals surface area contributed by atoms with Crippen LogP contribution in [0.3, 0.4) is 0 Å². The molecule has 1 spiro atoms. The number of rotatable bonds is 6. The summed E-state index contributed by atoms with van der Waals surface area (Å²) in [5.74, 6) is -1.02. The third-order valence-electron chi connectivity index (χ3n) is 7.55. The highest BCUT2D eigenvalue weighted by molar-refractivity contribution is 5.97. The molecule has 4 aromatic heterocycles. The lowest BCUT2D eigenvalue weighted by Crippen LogP contribution is -2.50.